The van der Waals surface area contributed by atoms with Crippen molar-refractivity contribution in [3.8, 4) is 0 Å². The van der Waals surface area contributed by atoms with E-state index in [1.54, 1.807) is 11.1 Å². The van der Waals surface area contributed by atoms with Crippen LogP contribution in [0.4, 0.5) is 0 Å². The molecule has 0 radical (unpaired) electrons. The van der Waals surface area contributed by atoms with Crippen LogP contribution in [0, 0.1) is 23.2 Å². The van der Waals surface area contributed by atoms with Gasteiger partial charge in [-0.05, 0) is 68.1 Å². The lowest BCUT2D eigenvalue weighted by Gasteiger charge is -2.50. The van der Waals surface area contributed by atoms with Crippen molar-refractivity contribution >= 4 is 5.78 Å². The second-order valence-corrected chi connectivity index (χ2v) is 7.84. The van der Waals surface area contributed by atoms with Crippen LogP contribution in [0.2, 0.25) is 0 Å². The first-order valence-corrected chi connectivity index (χ1v) is 8.40. The summed E-state index contributed by atoms with van der Waals surface area (Å²) in [4.78, 5) is 11.7. The third kappa shape index (κ3) is 1.76. The van der Waals surface area contributed by atoms with E-state index >= 15 is 0 Å². The van der Waals surface area contributed by atoms with E-state index in [-0.39, 0.29) is 0 Å². The quantitative estimate of drug-likeness (QED) is 0.577. The molecule has 4 rings (SSSR count). The van der Waals surface area contributed by atoms with Crippen molar-refractivity contribution in [1.29, 1.82) is 0 Å². The molecular formula is C18H26O. The SMILES string of the molecule is C[C@@]12CCC[C@H]1[C@@H]1CCC3=C(CCC(=O)C3)[C@H]1CC2. The zero-order valence-electron chi connectivity index (χ0n) is 12.2. The molecule has 2 saturated carbocycles. The van der Waals surface area contributed by atoms with Gasteiger partial charge < -0.3 is 0 Å². The highest BCUT2D eigenvalue weighted by Gasteiger charge is 2.50. The molecule has 4 atom stereocenters. The number of rotatable bonds is 0. The molecule has 0 saturated heterocycles. The number of allylic oxidation sites excluding steroid dienone is 2. The van der Waals surface area contributed by atoms with Crippen molar-refractivity contribution in [2.24, 2.45) is 23.2 Å². The third-order valence-corrected chi connectivity index (χ3v) is 6.98. The minimum absolute atomic E-state index is 0.499. The molecule has 0 amide bonds. The maximum absolute atomic E-state index is 11.7. The standard InChI is InChI=1S/C18H26O/c1-18-9-2-3-17(18)16-6-4-12-11-13(19)5-7-14(12)15(16)8-10-18/h15-17H,2-11H2,1H3/t15-,16-,17+,18+/m1/s1. The molecule has 0 aromatic rings. The average Bonchev–Trinajstić information content (AvgIpc) is 2.79. The molecule has 1 nitrogen and oxygen atoms in total. The second-order valence-electron chi connectivity index (χ2n) is 7.84. The molecule has 19 heavy (non-hydrogen) atoms. The Hall–Kier alpha value is -0.590. The molecule has 4 aliphatic rings. The summed E-state index contributed by atoms with van der Waals surface area (Å²) in [5, 5.41) is 0. The smallest absolute Gasteiger partial charge is 0.137 e. The van der Waals surface area contributed by atoms with Crippen LogP contribution in [0.3, 0.4) is 0 Å². The van der Waals surface area contributed by atoms with Gasteiger partial charge in [0.2, 0.25) is 0 Å². The van der Waals surface area contributed by atoms with Gasteiger partial charge in [0.1, 0.15) is 5.78 Å². The molecule has 0 unspecified atom stereocenters. The van der Waals surface area contributed by atoms with E-state index in [4.69, 9.17) is 0 Å². The van der Waals surface area contributed by atoms with Crippen LogP contribution in [-0.4, -0.2) is 5.78 Å². The molecule has 0 aromatic carbocycles. The number of fused-ring (bicyclic) bond motifs is 4. The van der Waals surface area contributed by atoms with Crippen molar-refractivity contribution < 1.29 is 4.79 Å². The van der Waals surface area contributed by atoms with Gasteiger partial charge in [0.15, 0.2) is 0 Å². The van der Waals surface area contributed by atoms with Crippen LogP contribution < -0.4 is 0 Å². The lowest BCUT2D eigenvalue weighted by atomic mass is 9.54. The Morgan fingerprint density at radius 1 is 1.05 bits per heavy atom. The summed E-state index contributed by atoms with van der Waals surface area (Å²) in [5.74, 6) is 3.33. The fourth-order valence-corrected chi connectivity index (χ4v) is 6.04. The summed E-state index contributed by atoms with van der Waals surface area (Å²) in [7, 11) is 0. The van der Waals surface area contributed by atoms with Crippen LogP contribution in [-0.2, 0) is 4.79 Å². The predicted molar refractivity (Wildman–Crippen MR) is 76.8 cm³/mol. The van der Waals surface area contributed by atoms with E-state index in [2.05, 4.69) is 6.92 Å². The van der Waals surface area contributed by atoms with Crippen LogP contribution >= 0.6 is 0 Å². The van der Waals surface area contributed by atoms with Crippen molar-refractivity contribution in [3.05, 3.63) is 11.1 Å². The normalized spacial score (nSPS) is 45.7. The summed E-state index contributed by atoms with van der Waals surface area (Å²) in [6.45, 7) is 2.56. The predicted octanol–water partition coefficient (Wildman–Crippen LogP) is 4.66. The summed E-state index contributed by atoms with van der Waals surface area (Å²) >= 11 is 0. The van der Waals surface area contributed by atoms with Gasteiger partial charge in [0.05, 0.1) is 0 Å². The van der Waals surface area contributed by atoms with Gasteiger partial charge in [0.25, 0.3) is 0 Å². The number of hydrogen-bond donors (Lipinski definition) is 0. The van der Waals surface area contributed by atoms with E-state index in [0.717, 1.165) is 37.0 Å². The highest BCUT2D eigenvalue weighted by atomic mass is 16.1. The van der Waals surface area contributed by atoms with Gasteiger partial charge in [-0.15, -0.1) is 0 Å². The fourth-order valence-electron chi connectivity index (χ4n) is 6.04. The van der Waals surface area contributed by atoms with Crippen molar-refractivity contribution in [2.45, 2.75) is 71.1 Å². The second kappa shape index (κ2) is 4.20. The van der Waals surface area contributed by atoms with Crippen molar-refractivity contribution in [1.82, 2.24) is 0 Å². The van der Waals surface area contributed by atoms with Gasteiger partial charge in [-0.1, -0.05) is 24.5 Å². The van der Waals surface area contributed by atoms with Gasteiger partial charge in [0, 0.05) is 12.8 Å². The Morgan fingerprint density at radius 3 is 2.84 bits per heavy atom. The van der Waals surface area contributed by atoms with Gasteiger partial charge >= 0.3 is 0 Å². The summed E-state index contributed by atoms with van der Waals surface area (Å²) in [5.41, 5.74) is 3.99. The summed E-state index contributed by atoms with van der Waals surface area (Å²) in [6, 6.07) is 0. The molecule has 0 heterocycles. The number of carbonyl (C=O) groups is 1. The zero-order chi connectivity index (χ0) is 13.0. The van der Waals surface area contributed by atoms with Crippen LogP contribution in [0.25, 0.3) is 0 Å². The monoisotopic (exact) mass is 258 g/mol. The molecule has 104 valence electrons. The Balaban J connectivity index is 1.65. The average molecular weight is 258 g/mol. The molecule has 2 fully saturated rings. The van der Waals surface area contributed by atoms with E-state index < -0.39 is 0 Å². The minimum Gasteiger partial charge on any atom is -0.299 e. The van der Waals surface area contributed by atoms with Crippen LogP contribution in [0.15, 0.2) is 11.1 Å². The van der Waals surface area contributed by atoms with E-state index in [0.29, 0.717) is 11.2 Å². The molecule has 4 aliphatic carbocycles. The first kappa shape index (κ1) is 12.2. The van der Waals surface area contributed by atoms with E-state index in [1.807, 2.05) is 0 Å². The molecule has 0 spiro atoms. The molecular weight excluding hydrogens is 232 g/mol. The lowest BCUT2D eigenvalue weighted by Crippen LogP contribution is -2.41. The Labute approximate surface area is 116 Å². The third-order valence-electron chi connectivity index (χ3n) is 6.98. The zero-order valence-corrected chi connectivity index (χ0v) is 12.2. The van der Waals surface area contributed by atoms with Crippen molar-refractivity contribution in [3.63, 3.8) is 0 Å². The molecule has 0 N–H and O–H groups in total. The number of ketones is 1. The Kier molecular flexibility index (Phi) is 2.69. The number of carbonyl (C=O) groups excluding carboxylic acids is 1. The van der Waals surface area contributed by atoms with Gasteiger partial charge in [-0.25, -0.2) is 0 Å². The first-order chi connectivity index (χ1) is 9.17. The largest absolute Gasteiger partial charge is 0.299 e. The maximum atomic E-state index is 11.7. The summed E-state index contributed by atoms with van der Waals surface area (Å²) in [6.07, 6.45) is 12.7. The maximum Gasteiger partial charge on any atom is 0.137 e. The van der Waals surface area contributed by atoms with Gasteiger partial charge in [-0.3, -0.25) is 4.79 Å². The van der Waals surface area contributed by atoms with E-state index in [1.165, 1.54) is 44.9 Å². The fraction of sp³-hybridized carbons (Fsp3) is 0.833. The van der Waals surface area contributed by atoms with Gasteiger partial charge in [-0.2, -0.15) is 0 Å². The van der Waals surface area contributed by atoms with Crippen molar-refractivity contribution in [2.75, 3.05) is 0 Å². The first-order valence-electron chi connectivity index (χ1n) is 8.40. The Morgan fingerprint density at radius 2 is 1.95 bits per heavy atom. The Bertz CT molecular complexity index is 447. The number of Topliss-reactive ketones (excluding diaryl/α,β-unsaturated/α-hetero) is 1. The highest BCUT2D eigenvalue weighted by molar-refractivity contribution is 5.82. The highest BCUT2D eigenvalue weighted by Crippen LogP contribution is 2.60. The topological polar surface area (TPSA) is 17.1 Å². The summed E-state index contributed by atoms with van der Waals surface area (Å²) < 4.78 is 0. The van der Waals surface area contributed by atoms with E-state index in [9.17, 15) is 4.79 Å². The van der Waals surface area contributed by atoms with Crippen LogP contribution in [0.1, 0.15) is 71.1 Å². The molecule has 0 bridgehead atoms. The van der Waals surface area contributed by atoms with Crippen LogP contribution in [0.5, 0.6) is 0 Å². The number of hydrogen-bond acceptors (Lipinski definition) is 1. The minimum atomic E-state index is 0.499. The lowest BCUT2D eigenvalue weighted by molar-refractivity contribution is -0.119. The molecule has 1 heteroatoms. The molecule has 0 aliphatic heterocycles. The molecule has 0 aromatic heterocycles.